The summed E-state index contributed by atoms with van der Waals surface area (Å²) in [5.74, 6) is 0.767. The maximum absolute atomic E-state index is 10.9. The summed E-state index contributed by atoms with van der Waals surface area (Å²) in [4.78, 5) is 0. The Hall–Kier alpha value is 0.0300. The normalized spacial score (nSPS) is 14.9. The fraction of sp³-hybridized carbons (Fsp3) is 1.00. The molecule has 5 heteroatoms. The summed E-state index contributed by atoms with van der Waals surface area (Å²) >= 11 is 0. The van der Waals surface area contributed by atoms with Crippen LogP contribution < -0.4 is 5.32 Å². The second-order valence-corrected chi connectivity index (χ2v) is 5.43. The molecule has 98 valence electrons. The summed E-state index contributed by atoms with van der Waals surface area (Å²) in [6.45, 7) is 5.20. The van der Waals surface area contributed by atoms with Crippen LogP contribution in [0.1, 0.15) is 19.8 Å². The summed E-state index contributed by atoms with van der Waals surface area (Å²) in [5.41, 5.74) is 0. The van der Waals surface area contributed by atoms with Crippen molar-refractivity contribution in [2.24, 2.45) is 0 Å². The van der Waals surface area contributed by atoms with E-state index in [1.165, 1.54) is 0 Å². The number of ether oxygens (including phenoxy) is 2. The van der Waals surface area contributed by atoms with Crippen LogP contribution in [0.2, 0.25) is 0 Å². The van der Waals surface area contributed by atoms with Crippen LogP contribution in [0.3, 0.4) is 0 Å². The molecule has 0 heterocycles. The van der Waals surface area contributed by atoms with Crippen molar-refractivity contribution in [3.05, 3.63) is 0 Å². The van der Waals surface area contributed by atoms with Crippen LogP contribution in [0.25, 0.3) is 0 Å². The predicted octanol–water partition coefficient (Wildman–Crippen LogP) is 0.786. The van der Waals surface area contributed by atoms with Crippen LogP contribution in [0, 0.1) is 0 Å². The number of methoxy groups -OCH3 is 1. The molecule has 0 aliphatic carbocycles. The third-order valence-electron chi connectivity index (χ3n) is 2.21. The minimum atomic E-state index is -0.684. The molecular weight excluding hydrogens is 226 g/mol. The molecule has 0 radical (unpaired) electrons. The van der Waals surface area contributed by atoms with Gasteiger partial charge in [0.15, 0.2) is 0 Å². The number of hydrogen-bond donors (Lipinski definition) is 1. The first-order valence-electron chi connectivity index (χ1n) is 5.77. The topological polar surface area (TPSA) is 47.6 Å². The van der Waals surface area contributed by atoms with E-state index in [1.807, 2.05) is 0 Å². The number of hydrogen-bond acceptors (Lipinski definition) is 4. The molecule has 0 bridgehead atoms. The molecule has 0 aliphatic heterocycles. The summed E-state index contributed by atoms with van der Waals surface area (Å²) in [6.07, 6.45) is 3.64. The molecule has 2 unspecified atom stereocenters. The van der Waals surface area contributed by atoms with E-state index in [1.54, 1.807) is 13.4 Å². The highest BCUT2D eigenvalue weighted by atomic mass is 32.2. The van der Waals surface area contributed by atoms with Crippen LogP contribution in [0.15, 0.2) is 0 Å². The maximum Gasteiger partial charge on any atom is 0.0591 e. The van der Waals surface area contributed by atoms with Gasteiger partial charge in [0.2, 0.25) is 0 Å². The minimum Gasteiger partial charge on any atom is -0.385 e. The molecule has 0 aromatic heterocycles. The van der Waals surface area contributed by atoms with E-state index in [0.717, 1.165) is 45.0 Å². The molecule has 0 aliphatic rings. The van der Waals surface area contributed by atoms with Gasteiger partial charge in [-0.3, -0.25) is 4.21 Å². The quantitative estimate of drug-likeness (QED) is 0.552. The summed E-state index contributed by atoms with van der Waals surface area (Å²) < 4.78 is 21.2. The van der Waals surface area contributed by atoms with E-state index in [9.17, 15) is 4.21 Å². The van der Waals surface area contributed by atoms with Crippen molar-refractivity contribution < 1.29 is 13.7 Å². The average Bonchev–Trinajstić information content (AvgIpc) is 2.25. The second kappa shape index (κ2) is 11.5. The lowest BCUT2D eigenvalue weighted by atomic mass is 10.2. The van der Waals surface area contributed by atoms with E-state index in [0.29, 0.717) is 6.04 Å². The van der Waals surface area contributed by atoms with Gasteiger partial charge in [-0.1, -0.05) is 0 Å². The fourth-order valence-electron chi connectivity index (χ4n) is 1.23. The van der Waals surface area contributed by atoms with Crippen molar-refractivity contribution in [3.63, 3.8) is 0 Å². The molecule has 0 saturated carbocycles. The molecular formula is C11H25NO3S. The SMILES string of the molecule is COCCCOCCNC(C)CCS(C)=O. The lowest BCUT2D eigenvalue weighted by molar-refractivity contribution is 0.103. The van der Waals surface area contributed by atoms with E-state index >= 15 is 0 Å². The Kier molecular flexibility index (Phi) is 11.5. The predicted molar refractivity (Wildman–Crippen MR) is 68.3 cm³/mol. The summed E-state index contributed by atoms with van der Waals surface area (Å²) in [6, 6.07) is 0.409. The highest BCUT2D eigenvalue weighted by Gasteiger charge is 2.01. The van der Waals surface area contributed by atoms with Crippen molar-refractivity contribution >= 4 is 10.8 Å². The first-order valence-corrected chi connectivity index (χ1v) is 7.49. The number of rotatable bonds is 11. The van der Waals surface area contributed by atoms with Gasteiger partial charge in [-0.2, -0.15) is 0 Å². The standard InChI is InChI=1S/C11H25NO3S/c1-11(5-10-16(3)13)12-6-9-15-8-4-7-14-2/h11-12H,4-10H2,1-3H3. The highest BCUT2D eigenvalue weighted by molar-refractivity contribution is 7.84. The number of nitrogens with one attached hydrogen (secondary N) is 1. The largest absolute Gasteiger partial charge is 0.385 e. The molecule has 4 nitrogen and oxygen atoms in total. The molecule has 0 rings (SSSR count). The summed E-state index contributed by atoms with van der Waals surface area (Å²) in [5, 5.41) is 3.34. The smallest absolute Gasteiger partial charge is 0.0591 e. The Morgan fingerprint density at radius 3 is 2.69 bits per heavy atom. The van der Waals surface area contributed by atoms with Crippen LogP contribution in [0.4, 0.5) is 0 Å². The van der Waals surface area contributed by atoms with Crippen molar-refractivity contribution in [2.45, 2.75) is 25.8 Å². The van der Waals surface area contributed by atoms with Gasteiger partial charge >= 0.3 is 0 Å². The van der Waals surface area contributed by atoms with E-state index in [2.05, 4.69) is 12.2 Å². The average molecular weight is 251 g/mol. The van der Waals surface area contributed by atoms with Crippen molar-refractivity contribution in [1.82, 2.24) is 5.32 Å². The van der Waals surface area contributed by atoms with E-state index < -0.39 is 10.8 Å². The maximum atomic E-state index is 10.9. The van der Waals surface area contributed by atoms with Gasteiger partial charge in [-0.05, 0) is 19.8 Å². The lowest BCUT2D eigenvalue weighted by Gasteiger charge is -2.12. The van der Waals surface area contributed by atoms with Gasteiger partial charge in [-0.15, -0.1) is 0 Å². The third-order valence-corrected chi connectivity index (χ3v) is 3.03. The molecule has 0 amide bonds. The Labute approximate surface area is 102 Å². The van der Waals surface area contributed by atoms with Crippen molar-refractivity contribution in [1.29, 1.82) is 0 Å². The first-order chi connectivity index (χ1) is 7.66. The van der Waals surface area contributed by atoms with Crippen LogP contribution in [0.5, 0.6) is 0 Å². The second-order valence-electron chi connectivity index (χ2n) is 3.88. The van der Waals surface area contributed by atoms with Gasteiger partial charge in [0.1, 0.15) is 0 Å². The Bertz CT molecular complexity index is 179. The zero-order chi connectivity index (χ0) is 12.2. The zero-order valence-electron chi connectivity index (χ0n) is 10.7. The Morgan fingerprint density at radius 1 is 1.31 bits per heavy atom. The molecule has 0 saturated heterocycles. The van der Waals surface area contributed by atoms with E-state index in [-0.39, 0.29) is 0 Å². The van der Waals surface area contributed by atoms with Crippen LogP contribution in [-0.4, -0.2) is 55.7 Å². The summed E-state index contributed by atoms with van der Waals surface area (Å²) in [7, 11) is 1.01. The molecule has 0 fully saturated rings. The molecule has 1 N–H and O–H groups in total. The lowest BCUT2D eigenvalue weighted by Crippen LogP contribution is -2.30. The molecule has 0 aromatic rings. The van der Waals surface area contributed by atoms with Crippen LogP contribution in [-0.2, 0) is 20.3 Å². The van der Waals surface area contributed by atoms with Crippen molar-refractivity contribution in [2.75, 3.05) is 45.5 Å². The van der Waals surface area contributed by atoms with Gasteiger partial charge in [0, 0.05) is 55.7 Å². The Balaban J connectivity index is 3.15. The van der Waals surface area contributed by atoms with Gasteiger partial charge < -0.3 is 14.8 Å². The molecule has 16 heavy (non-hydrogen) atoms. The molecule has 0 spiro atoms. The van der Waals surface area contributed by atoms with Gasteiger partial charge in [-0.25, -0.2) is 0 Å². The fourth-order valence-corrected chi connectivity index (χ4v) is 1.92. The van der Waals surface area contributed by atoms with Gasteiger partial charge in [0.25, 0.3) is 0 Å². The Morgan fingerprint density at radius 2 is 2.06 bits per heavy atom. The zero-order valence-corrected chi connectivity index (χ0v) is 11.5. The molecule has 0 aromatic carbocycles. The van der Waals surface area contributed by atoms with Crippen LogP contribution >= 0.6 is 0 Å². The van der Waals surface area contributed by atoms with Gasteiger partial charge in [0.05, 0.1) is 6.61 Å². The minimum absolute atomic E-state index is 0.409. The van der Waals surface area contributed by atoms with Crippen molar-refractivity contribution in [3.8, 4) is 0 Å². The third kappa shape index (κ3) is 12.1. The highest BCUT2D eigenvalue weighted by Crippen LogP contribution is 1.92. The van der Waals surface area contributed by atoms with E-state index in [4.69, 9.17) is 9.47 Å². The monoisotopic (exact) mass is 251 g/mol. The first kappa shape index (κ1) is 16.0. The molecule has 2 atom stereocenters.